The van der Waals surface area contributed by atoms with E-state index in [9.17, 15) is 4.79 Å². The summed E-state index contributed by atoms with van der Waals surface area (Å²) in [7, 11) is 0. The van der Waals surface area contributed by atoms with Crippen molar-refractivity contribution < 1.29 is 10.0 Å². The zero-order valence-electron chi connectivity index (χ0n) is 6.40. The molecule has 0 fully saturated rings. The van der Waals surface area contributed by atoms with Gasteiger partial charge in [-0.05, 0) is 5.56 Å². The van der Waals surface area contributed by atoms with E-state index in [0.717, 1.165) is 0 Å². The lowest BCUT2D eigenvalue weighted by Crippen LogP contribution is -2.31. The van der Waals surface area contributed by atoms with Crippen LogP contribution in [0.3, 0.4) is 0 Å². The first-order valence-electron chi connectivity index (χ1n) is 3.49. The number of hydrogen-bond acceptors (Lipinski definition) is 3. The van der Waals surface area contributed by atoms with Crippen LogP contribution in [0.15, 0.2) is 30.3 Å². The monoisotopic (exact) mass is 166 g/mol. The third kappa shape index (κ3) is 1.81. The summed E-state index contributed by atoms with van der Waals surface area (Å²) in [5.41, 5.74) is 7.51. The average Bonchev–Trinajstić information content (AvgIpc) is 2.07. The molecule has 0 saturated carbocycles. The third-order valence-corrected chi connectivity index (χ3v) is 1.55. The summed E-state index contributed by atoms with van der Waals surface area (Å²) in [4.78, 5) is 10.7. The average molecular weight is 166 g/mol. The van der Waals surface area contributed by atoms with E-state index in [0.29, 0.717) is 5.56 Å². The lowest BCUT2D eigenvalue weighted by atomic mass is 10.1. The molecule has 12 heavy (non-hydrogen) atoms. The fraction of sp³-hybridized carbons (Fsp3) is 0.125. The molecule has 0 bridgehead atoms. The lowest BCUT2D eigenvalue weighted by molar-refractivity contribution is -0.122. The molecule has 0 saturated heterocycles. The molecule has 4 heteroatoms. The first-order chi connectivity index (χ1) is 5.75. The summed E-state index contributed by atoms with van der Waals surface area (Å²) in [5.74, 6) is -0.608. The molecule has 0 aromatic heterocycles. The second-order valence-electron chi connectivity index (χ2n) is 2.38. The highest BCUT2D eigenvalue weighted by Crippen LogP contribution is 2.10. The second kappa shape index (κ2) is 3.85. The number of amides is 1. The minimum Gasteiger partial charge on any atom is -0.368 e. The Labute approximate surface area is 70.0 Å². The number of hydroxylamine groups is 1. The number of rotatable bonds is 3. The number of carbonyl (C=O) groups is 1. The second-order valence-corrected chi connectivity index (χ2v) is 2.38. The minimum absolute atomic E-state index is 0.608. The standard InChI is InChI=1S/C8H10N2O2/c9-8(11)7(10-12)6-4-2-1-3-5-6/h1-5,7,10,12H,(H2,9,11)/t7-/m1/s1. The van der Waals surface area contributed by atoms with Crippen LogP contribution in [0, 0.1) is 0 Å². The molecule has 4 N–H and O–H groups in total. The molecule has 0 aliphatic carbocycles. The van der Waals surface area contributed by atoms with Gasteiger partial charge in [0.2, 0.25) is 5.91 Å². The highest BCUT2D eigenvalue weighted by Gasteiger charge is 2.14. The van der Waals surface area contributed by atoms with E-state index in [1.165, 1.54) is 0 Å². The first-order valence-corrected chi connectivity index (χ1v) is 3.49. The van der Waals surface area contributed by atoms with Crippen molar-refractivity contribution in [2.24, 2.45) is 5.73 Å². The van der Waals surface area contributed by atoms with Gasteiger partial charge in [-0.3, -0.25) is 4.79 Å². The van der Waals surface area contributed by atoms with Crippen LogP contribution in [0.1, 0.15) is 11.6 Å². The number of nitrogens with two attached hydrogens (primary N) is 1. The molecule has 64 valence electrons. The zero-order valence-corrected chi connectivity index (χ0v) is 6.40. The number of benzene rings is 1. The molecule has 1 rings (SSSR count). The molecular weight excluding hydrogens is 156 g/mol. The first kappa shape index (κ1) is 8.70. The van der Waals surface area contributed by atoms with Crippen molar-refractivity contribution in [2.75, 3.05) is 0 Å². The van der Waals surface area contributed by atoms with Gasteiger partial charge in [-0.1, -0.05) is 30.3 Å². The predicted molar refractivity (Wildman–Crippen MR) is 43.3 cm³/mol. The summed E-state index contributed by atoms with van der Waals surface area (Å²) >= 11 is 0. The van der Waals surface area contributed by atoms with Crippen LogP contribution < -0.4 is 11.2 Å². The van der Waals surface area contributed by atoms with Gasteiger partial charge in [0.1, 0.15) is 6.04 Å². The minimum atomic E-state index is -0.828. The summed E-state index contributed by atoms with van der Waals surface area (Å²) in [6.45, 7) is 0. The van der Waals surface area contributed by atoms with Crippen molar-refractivity contribution in [2.45, 2.75) is 6.04 Å². The highest BCUT2D eigenvalue weighted by atomic mass is 16.5. The molecule has 1 aromatic carbocycles. The molecule has 0 spiro atoms. The SMILES string of the molecule is NC(=O)[C@H](NO)c1ccccc1. The fourth-order valence-corrected chi connectivity index (χ4v) is 0.948. The lowest BCUT2D eigenvalue weighted by Gasteiger charge is -2.10. The van der Waals surface area contributed by atoms with E-state index < -0.39 is 11.9 Å². The molecule has 1 aromatic rings. The summed E-state index contributed by atoms with van der Waals surface area (Å²) in [5, 5.41) is 8.60. The van der Waals surface area contributed by atoms with Crippen LogP contribution in [0.5, 0.6) is 0 Å². The van der Waals surface area contributed by atoms with Crippen LogP contribution in [-0.4, -0.2) is 11.1 Å². The van der Waals surface area contributed by atoms with E-state index in [1.807, 2.05) is 11.5 Å². The summed E-state index contributed by atoms with van der Waals surface area (Å²) in [6.07, 6.45) is 0. The maximum Gasteiger partial charge on any atom is 0.241 e. The Kier molecular flexibility index (Phi) is 2.79. The smallest absolute Gasteiger partial charge is 0.241 e. The van der Waals surface area contributed by atoms with Gasteiger partial charge in [0.05, 0.1) is 0 Å². The van der Waals surface area contributed by atoms with Crippen molar-refractivity contribution >= 4 is 5.91 Å². The highest BCUT2D eigenvalue weighted by molar-refractivity contribution is 5.81. The van der Waals surface area contributed by atoms with Gasteiger partial charge in [-0.15, -0.1) is 0 Å². The van der Waals surface area contributed by atoms with E-state index in [4.69, 9.17) is 10.9 Å². The maximum absolute atomic E-state index is 10.7. The van der Waals surface area contributed by atoms with E-state index in [-0.39, 0.29) is 0 Å². The molecule has 1 amide bonds. The van der Waals surface area contributed by atoms with Gasteiger partial charge >= 0.3 is 0 Å². The summed E-state index contributed by atoms with van der Waals surface area (Å²) < 4.78 is 0. The van der Waals surface area contributed by atoms with Crippen LogP contribution in [-0.2, 0) is 4.79 Å². The molecule has 0 aliphatic rings. The van der Waals surface area contributed by atoms with Gasteiger partial charge < -0.3 is 10.9 Å². The van der Waals surface area contributed by atoms with Crippen molar-refractivity contribution in [3.8, 4) is 0 Å². The number of nitrogens with one attached hydrogen (secondary N) is 1. The van der Waals surface area contributed by atoms with Crippen molar-refractivity contribution in [1.82, 2.24) is 5.48 Å². The van der Waals surface area contributed by atoms with Gasteiger partial charge in [0, 0.05) is 0 Å². The van der Waals surface area contributed by atoms with E-state index in [1.54, 1.807) is 24.3 Å². The Morgan fingerprint density at radius 2 is 2.00 bits per heavy atom. The quantitative estimate of drug-likeness (QED) is 0.561. The number of primary amides is 1. The topological polar surface area (TPSA) is 75.4 Å². The Morgan fingerprint density at radius 1 is 1.42 bits per heavy atom. The van der Waals surface area contributed by atoms with E-state index in [2.05, 4.69) is 0 Å². The molecule has 4 nitrogen and oxygen atoms in total. The number of hydrogen-bond donors (Lipinski definition) is 3. The number of carbonyl (C=O) groups excluding carboxylic acids is 1. The van der Waals surface area contributed by atoms with E-state index >= 15 is 0 Å². The maximum atomic E-state index is 10.7. The largest absolute Gasteiger partial charge is 0.368 e. The van der Waals surface area contributed by atoms with Gasteiger partial charge in [-0.2, -0.15) is 5.48 Å². The van der Waals surface area contributed by atoms with Crippen LogP contribution in [0.25, 0.3) is 0 Å². The van der Waals surface area contributed by atoms with Crippen molar-refractivity contribution in [3.63, 3.8) is 0 Å². The molecule has 0 heterocycles. The molecule has 0 unspecified atom stereocenters. The van der Waals surface area contributed by atoms with Crippen LogP contribution in [0.2, 0.25) is 0 Å². The normalized spacial score (nSPS) is 12.4. The molecule has 0 aliphatic heterocycles. The van der Waals surface area contributed by atoms with Crippen LogP contribution in [0.4, 0.5) is 0 Å². The molecule has 1 atom stereocenters. The van der Waals surface area contributed by atoms with Crippen molar-refractivity contribution in [1.29, 1.82) is 0 Å². The Hall–Kier alpha value is -1.39. The molecular formula is C8H10N2O2. The molecule has 0 radical (unpaired) electrons. The van der Waals surface area contributed by atoms with Crippen LogP contribution >= 0.6 is 0 Å². The van der Waals surface area contributed by atoms with Gasteiger partial charge in [-0.25, -0.2) is 0 Å². The zero-order chi connectivity index (χ0) is 8.97. The van der Waals surface area contributed by atoms with Gasteiger partial charge in [0.15, 0.2) is 0 Å². The fourth-order valence-electron chi connectivity index (χ4n) is 0.948. The predicted octanol–water partition coefficient (Wildman–Crippen LogP) is 0.192. The Morgan fingerprint density at radius 3 is 2.42 bits per heavy atom. The Balaban J connectivity index is 2.88. The van der Waals surface area contributed by atoms with Gasteiger partial charge in [0.25, 0.3) is 0 Å². The van der Waals surface area contributed by atoms with Crippen molar-refractivity contribution in [3.05, 3.63) is 35.9 Å². The third-order valence-electron chi connectivity index (χ3n) is 1.55. The summed E-state index contributed by atoms with van der Waals surface area (Å²) in [6, 6.07) is 7.94. The Bertz CT molecular complexity index is 261.